The van der Waals surface area contributed by atoms with E-state index >= 15 is 0 Å². The Morgan fingerprint density at radius 2 is 1.68 bits per heavy atom. The Balaban J connectivity index is 2.19. The van der Waals surface area contributed by atoms with Crippen LogP contribution in [0.1, 0.15) is 31.9 Å². The molecule has 0 aliphatic carbocycles. The van der Waals surface area contributed by atoms with Crippen LogP contribution in [0.3, 0.4) is 0 Å². The summed E-state index contributed by atoms with van der Waals surface area (Å²) < 4.78 is 35.2. The fourth-order valence-corrected chi connectivity index (χ4v) is 3.22. The van der Waals surface area contributed by atoms with Gasteiger partial charge in [0.15, 0.2) is 0 Å². The van der Waals surface area contributed by atoms with E-state index in [1.807, 2.05) is 0 Å². The summed E-state index contributed by atoms with van der Waals surface area (Å²) in [7, 11) is -4.03. The maximum atomic E-state index is 12.6. The zero-order valence-corrected chi connectivity index (χ0v) is 17.0. The summed E-state index contributed by atoms with van der Waals surface area (Å²) in [4.78, 5) is 13.7. The molecule has 0 radical (unpaired) electrons. The maximum absolute atomic E-state index is 12.6. The maximum Gasteiger partial charge on any atom is 0.412 e. The van der Waals surface area contributed by atoms with E-state index in [4.69, 9.17) is 8.92 Å². The lowest BCUT2D eigenvalue weighted by Gasteiger charge is -2.27. The van der Waals surface area contributed by atoms with Gasteiger partial charge in [0.1, 0.15) is 12.3 Å². The lowest BCUT2D eigenvalue weighted by atomic mass is 10.1. The molecule has 152 valence electrons. The smallest absolute Gasteiger partial charge is 0.412 e. The van der Waals surface area contributed by atoms with Crippen LogP contribution in [0.4, 0.5) is 4.79 Å². The molecular formula is C20H25NO6S. The molecule has 1 N–H and O–H groups in total. The summed E-state index contributed by atoms with van der Waals surface area (Å²) in [6.45, 7) is 4.58. The van der Waals surface area contributed by atoms with Gasteiger partial charge in [0.25, 0.3) is 10.1 Å². The molecule has 0 aliphatic heterocycles. The highest BCUT2D eigenvalue weighted by Crippen LogP contribution is 2.17. The summed E-state index contributed by atoms with van der Waals surface area (Å²) in [6.07, 6.45) is -0.704. The van der Waals surface area contributed by atoms with Gasteiger partial charge in [-0.1, -0.05) is 42.5 Å². The molecule has 0 bridgehead atoms. The molecule has 2 aromatic rings. The van der Waals surface area contributed by atoms with Crippen molar-refractivity contribution in [2.75, 3.05) is 6.73 Å². The van der Waals surface area contributed by atoms with Gasteiger partial charge in [0.2, 0.25) is 0 Å². The molecule has 0 fully saturated rings. The van der Waals surface area contributed by atoms with Crippen LogP contribution in [0.15, 0.2) is 59.5 Å². The van der Waals surface area contributed by atoms with E-state index < -0.39 is 28.5 Å². The molecule has 7 nitrogen and oxygen atoms in total. The number of ether oxygens (including phenoxy) is 1. The number of carbonyl (C=O) groups excluding carboxylic acids is 1. The van der Waals surface area contributed by atoms with E-state index in [2.05, 4.69) is 0 Å². The highest BCUT2D eigenvalue weighted by molar-refractivity contribution is 7.86. The van der Waals surface area contributed by atoms with E-state index in [1.165, 1.54) is 12.1 Å². The molecular weight excluding hydrogens is 382 g/mol. The van der Waals surface area contributed by atoms with Gasteiger partial charge in [-0.05, 0) is 44.0 Å². The standard InChI is InChI=1S/C20H25NO6S/c1-20(2,3)27-19(23)21(13-16-8-7-9-17(12-16)14-22)15-26-28(24,25)18-10-5-4-6-11-18/h4-12,22H,13-15H2,1-3H3. The first-order valence-electron chi connectivity index (χ1n) is 8.72. The van der Waals surface area contributed by atoms with Crippen LogP contribution in [0.2, 0.25) is 0 Å². The number of aliphatic hydroxyl groups excluding tert-OH is 1. The van der Waals surface area contributed by atoms with E-state index in [0.29, 0.717) is 11.1 Å². The fourth-order valence-electron chi connectivity index (χ4n) is 2.32. The third kappa shape index (κ3) is 6.63. The average molecular weight is 407 g/mol. The molecule has 0 unspecified atom stereocenters. The highest BCUT2D eigenvalue weighted by Gasteiger charge is 2.25. The molecule has 2 aromatic carbocycles. The Morgan fingerprint density at radius 1 is 1.04 bits per heavy atom. The van der Waals surface area contributed by atoms with Gasteiger partial charge < -0.3 is 9.84 Å². The minimum Gasteiger partial charge on any atom is -0.444 e. The first-order valence-corrected chi connectivity index (χ1v) is 10.1. The fraction of sp³-hybridized carbons (Fsp3) is 0.350. The first-order chi connectivity index (χ1) is 13.1. The number of hydrogen-bond donors (Lipinski definition) is 1. The molecule has 0 spiro atoms. The van der Waals surface area contributed by atoms with Gasteiger partial charge >= 0.3 is 6.09 Å². The molecule has 0 saturated heterocycles. The largest absolute Gasteiger partial charge is 0.444 e. The quantitative estimate of drug-likeness (QED) is 0.559. The predicted molar refractivity (Wildman–Crippen MR) is 104 cm³/mol. The monoisotopic (exact) mass is 407 g/mol. The molecule has 2 rings (SSSR count). The summed E-state index contributed by atoms with van der Waals surface area (Å²) >= 11 is 0. The third-order valence-corrected chi connectivity index (χ3v) is 4.86. The van der Waals surface area contributed by atoms with E-state index in [1.54, 1.807) is 63.2 Å². The number of amides is 1. The Morgan fingerprint density at radius 3 is 2.29 bits per heavy atom. The molecule has 0 atom stereocenters. The van der Waals surface area contributed by atoms with Gasteiger partial charge in [0.05, 0.1) is 18.0 Å². The lowest BCUT2D eigenvalue weighted by molar-refractivity contribution is 0.00860. The number of rotatable bonds is 7. The van der Waals surface area contributed by atoms with Crippen LogP contribution < -0.4 is 0 Å². The minimum atomic E-state index is -4.03. The van der Waals surface area contributed by atoms with Crippen molar-refractivity contribution in [3.63, 3.8) is 0 Å². The van der Waals surface area contributed by atoms with Crippen molar-refractivity contribution in [1.82, 2.24) is 4.90 Å². The van der Waals surface area contributed by atoms with Crippen molar-refractivity contribution in [1.29, 1.82) is 0 Å². The molecule has 0 aliphatic rings. The van der Waals surface area contributed by atoms with Gasteiger partial charge in [-0.25, -0.2) is 8.98 Å². The van der Waals surface area contributed by atoms with E-state index in [0.717, 1.165) is 4.90 Å². The molecule has 1 amide bonds. The second kappa shape index (κ2) is 9.18. The molecule has 0 heterocycles. The highest BCUT2D eigenvalue weighted by atomic mass is 32.2. The predicted octanol–water partition coefficient (Wildman–Crippen LogP) is 3.28. The zero-order chi connectivity index (χ0) is 20.8. The van der Waals surface area contributed by atoms with Crippen LogP contribution in [0, 0.1) is 0 Å². The lowest BCUT2D eigenvalue weighted by Crippen LogP contribution is -2.38. The zero-order valence-electron chi connectivity index (χ0n) is 16.2. The van der Waals surface area contributed by atoms with Gasteiger partial charge in [-0.3, -0.25) is 4.90 Å². The van der Waals surface area contributed by atoms with Gasteiger partial charge in [-0.2, -0.15) is 8.42 Å². The molecule has 8 heteroatoms. The van der Waals surface area contributed by atoms with Crippen LogP contribution in [-0.4, -0.2) is 36.8 Å². The third-order valence-electron chi connectivity index (χ3n) is 3.59. The van der Waals surface area contributed by atoms with Crippen LogP contribution >= 0.6 is 0 Å². The van der Waals surface area contributed by atoms with E-state index in [-0.39, 0.29) is 18.0 Å². The van der Waals surface area contributed by atoms with Crippen molar-refractivity contribution in [2.24, 2.45) is 0 Å². The Hall–Kier alpha value is -2.42. The summed E-state index contributed by atoms with van der Waals surface area (Å²) in [5.74, 6) is 0. The number of nitrogens with zero attached hydrogens (tertiary/aromatic N) is 1. The number of hydrogen-bond acceptors (Lipinski definition) is 6. The van der Waals surface area contributed by atoms with E-state index in [9.17, 15) is 18.3 Å². The Bertz CT molecular complexity index is 890. The van der Waals surface area contributed by atoms with Crippen molar-refractivity contribution in [3.8, 4) is 0 Å². The summed E-state index contributed by atoms with van der Waals surface area (Å²) in [5, 5.41) is 9.29. The SMILES string of the molecule is CC(C)(C)OC(=O)N(COS(=O)(=O)c1ccccc1)Cc1cccc(CO)c1. The average Bonchev–Trinajstić information content (AvgIpc) is 2.64. The number of aliphatic hydroxyl groups is 1. The minimum absolute atomic E-state index is 0.00131. The summed E-state index contributed by atoms with van der Waals surface area (Å²) in [5.41, 5.74) is 0.637. The second-order valence-corrected chi connectivity index (χ2v) is 8.79. The molecule has 0 aromatic heterocycles. The topological polar surface area (TPSA) is 93.1 Å². The Labute approximate surface area is 165 Å². The van der Waals surface area contributed by atoms with Gasteiger partial charge in [-0.15, -0.1) is 0 Å². The normalized spacial score (nSPS) is 11.9. The second-order valence-electron chi connectivity index (χ2n) is 7.17. The first kappa shape index (κ1) is 21.9. The van der Waals surface area contributed by atoms with Crippen LogP contribution in [0.25, 0.3) is 0 Å². The van der Waals surface area contributed by atoms with Crippen molar-refractivity contribution in [2.45, 2.75) is 44.4 Å². The molecule has 28 heavy (non-hydrogen) atoms. The number of benzene rings is 2. The van der Waals surface area contributed by atoms with Crippen LogP contribution in [0.5, 0.6) is 0 Å². The van der Waals surface area contributed by atoms with Gasteiger partial charge in [0, 0.05) is 0 Å². The van der Waals surface area contributed by atoms with Crippen molar-refractivity contribution < 1.29 is 27.2 Å². The molecule has 0 saturated carbocycles. The van der Waals surface area contributed by atoms with Crippen molar-refractivity contribution in [3.05, 3.63) is 65.7 Å². The van der Waals surface area contributed by atoms with Crippen LogP contribution in [-0.2, 0) is 32.2 Å². The summed E-state index contributed by atoms with van der Waals surface area (Å²) in [6, 6.07) is 14.7. The van der Waals surface area contributed by atoms with Crippen molar-refractivity contribution >= 4 is 16.2 Å². The Kier molecular flexibility index (Phi) is 7.17. The number of carbonyl (C=O) groups is 1.